The van der Waals surface area contributed by atoms with Crippen LogP contribution in [-0.4, -0.2) is 22.5 Å². The van der Waals surface area contributed by atoms with Gasteiger partial charge in [-0.15, -0.1) is 0 Å². The molecule has 2 heterocycles. The van der Waals surface area contributed by atoms with Crippen molar-refractivity contribution in [3.8, 4) is 17.2 Å². The molecule has 146 valence electrons. The molecule has 6 heteroatoms. The Kier molecular flexibility index (Phi) is 5.24. The number of aryl methyl sites for hydroxylation is 1. The highest BCUT2D eigenvalue weighted by Gasteiger charge is 2.12. The fourth-order valence-corrected chi connectivity index (χ4v) is 2.97. The Bertz CT molecular complexity index is 1130. The summed E-state index contributed by atoms with van der Waals surface area (Å²) in [5.74, 6) is 1.01. The van der Waals surface area contributed by atoms with E-state index in [1.165, 1.54) is 0 Å². The van der Waals surface area contributed by atoms with Crippen molar-refractivity contribution in [3.63, 3.8) is 0 Å². The first kappa shape index (κ1) is 18.7. The molecule has 1 amide bonds. The van der Waals surface area contributed by atoms with Crippen LogP contribution in [0.5, 0.6) is 5.75 Å². The summed E-state index contributed by atoms with van der Waals surface area (Å²) in [5.41, 5.74) is 4.23. The molecule has 4 rings (SSSR count). The van der Waals surface area contributed by atoms with E-state index in [-0.39, 0.29) is 5.91 Å². The number of nitrogens with one attached hydrogen (secondary N) is 1. The van der Waals surface area contributed by atoms with E-state index < -0.39 is 0 Å². The van der Waals surface area contributed by atoms with E-state index in [2.05, 4.69) is 15.3 Å². The van der Waals surface area contributed by atoms with Crippen LogP contribution < -0.4 is 10.1 Å². The molecule has 2 aromatic carbocycles. The lowest BCUT2D eigenvalue weighted by atomic mass is 10.1. The number of aromatic nitrogens is 2. The summed E-state index contributed by atoms with van der Waals surface area (Å²) in [5, 5.41) is 2.96. The standard InChI is InChI=1S/C23H21N3O3/c1-3-12-28-18-7-4-6-16(14-18)22(27)25-19-10-9-17(13-15(19)2)23-26-21-20(29-23)8-5-11-24-21/h4-11,13-14H,3,12H2,1-2H3,(H,25,27). The van der Waals surface area contributed by atoms with E-state index in [0.717, 1.165) is 23.2 Å². The number of ether oxygens (including phenoxy) is 1. The van der Waals surface area contributed by atoms with Gasteiger partial charge in [-0.3, -0.25) is 4.79 Å². The lowest BCUT2D eigenvalue weighted by Crippen LogP contribution is -2.13. The summed E-state index contributed by atoms with van der Waals surface area (Å²) in [6.45, 7) is 4.60. The highest BCUT2D eigenvalue weighted by Crippen LogP contribution is 2.27. The average molecular weight is 387 g/mol. The van der Waals surface area contributed by atoms with Gasteiger partial charge in [0.2, 0.25) is 5.89 Å². The molecule has 0 aliphatic heterocycles. The number of nitrogens with zero attached hydrogens (tertiary/aromatic N) is 2. The Morgan fingerprint density at radius 2 is 2.03 bits per heavy atom. The number of amides is 1. The molecule has 0 saturated carbocycles. The Hall–Kier alpha value is -3.67. The van der Waals surface area contributed by atoms with Gasteiger partial charge in [0.1, 0.15) is 5.75 Å². The molecule has 0 atom stereocenters. The molecule has 6 nitrogen and oxygen atoms in total. The van der Waals surface area contributed by atoms with E-state index >= 15 is 0 Å². The summed E-state index contributed by atoms with van der Waals surface area (Å²) in [7, 11) is 0. The van der Waals surface area contributed by atoms with Crippen molar-refractivity contribution in [3.05, 3.63) is 71.9 Å². The van der Waals surface area contributed by atoms with Gasteiger partial charge in [0.05, 0.1) is 6.61 Å². The molecule has 4 aromatic rings. The van der Waals surface area contributed by atoms with Crippen LogP contribution in [0, 0.1) is 6.92 Å². The number of anilines is 1. The topological polar surface area (TPSA) is 77.2 Å². The van der Waals surface area contributed by atoms with E-state index in [1.54, 1.807) is 18.3 Å². The number of pyridine rings is 1. The number of fused-ring (bicyclic) bond motifs is 1. The van der Waals surface area contributed by atoms with Gasteiger partial charge in [0, 0.05) is 23.0 Å². The first-order valence-corrected chi connectivity index (χ1v) is 9.51. The molecule has 0 saturated heterocycles. The van der Waals surface area contributed by atoms with Crippen molar-refractivity contribution in [2.45, 2.75) is 20.3 Å². The number of hydrogen-bond donors (Lipinski definition) is 1. The minimum absolute atomic E-state index is 0.186. The van der Waals surface area contributed by atoms with E-state index in [9.17, 15) is 4.79 Å². The predicted octanol–water partition coefficient (Wildman–Crippen LogP) is 5.24. The van der Waals surface area contributed by atoms with Crippen LogP contribution in [0.15, 0.2) is 65.2 Å². The number of benzene rings is 2. The Morgan fingerprint density at radius 3 is 2.83 bits per heavy atom. The maximum atomic E-state index is 12.7. The van der Waals surface area contributed by atoms with Crippen molar-refractivity contribution in [2.75, 3.05) is 11.9 Å². The molecule has 0 unspecified atom stereocenters. The van der Waals surface area contributed by atoms with Crippen LogP contribution in [0.4, 0.5) is 5.69 Å². The summed E-state index contributed by atoms with van der Waals surface area (Å²) in [4.78, 5) is 21.3. The number of hydrogen-bond acceptors (Lipinski definition) is 5. The Balaban J connectivity index is 1.53. The van der Waals surface area contributed by atoms with Gasteiger partial charge in [-0.1, -0.05) is 13.0 Å². The zero-order valence-corrected chi connectivity index (χ0v) is 16.3. The van der Waals surface area contributed by atoms with Gasteiger partial charge in [-0.25, -0.2) is 4.98 Å². The minimum Gasteiger partial charge on any atom is -0.494 e. The van der Waals surface area contributed by atoms with Crippen molar-refractivity contribution in [1.29, 1.82) is 0 Å². The zero-order valence-electron chi connectivity index (χ0n) is 16.3. The summed E-state index contributed by atoms with van der Waals surface area (Å²) >= 11 is 0. The average Bonchev–Trinajstić information content (AvgIpc) is 3.18. The maximum Gasteiger partial charge on any atom is 0.255 e. The molecule has 0 aliphatic rings. The lowest BCUT2D eigenvalue weighted by molar-refractivity contribution is 0.102. The van der Waals surface area contributed by atoms with E-state index in [1.807, 2.05) is 56.3 Å². The first-order valence-electron chi connectivity index (χ1n) is 9.51. The molecule has 0 bridgehead atoms. The SMILES string of the molecule is CCCOc1cccc(C(=O)Nc2ccc(-c3nc4ncccc4o3)cc2C)c1. The number of carbonyl (C=O) groups is 1. The molecule has 0 aliphatic carbocycles. The van der Waals surface area contributed by atoms with Crippen molar-refractivity contribution in [2.24, 2.45) is 0 Å². The molecule has 0 fully saturated rings. The molecule has 2 aromatic heterocycles. The summed E-state index contributed by atoms with van der Waals surface area (Å²) < 4.78 is 11.4. The second-order valence-electron chi connectivity index (χ2n) is 6.70. The number of rotatable bonds is 6. The van der Waals surface area contributed by atoms with Crippen LogP contribution in [0.1, 0.15) is 29.3 Å². The lowest BCUT2D eigenvalue weighted by Gasteiger charge is -2.11. The van der Waals surface area contributed by atoms with E-state index in [4.69, 9.17) is 9.15 Å². The number of oxazole rings is 1. The molecule has 29 heavy (non-hydrogen) atoms. The second-order valence-corrected chi connectivity index (χ2v) is 6.70. The maximum absolute atomic E-state index is 12.7. The van der Waals surface area contributed by atoms with Crippen LogP contribution in [-0.2, 0) is 0 Å². The van der Waals surface area contributed by atoms with Crippen LogP contribution in [0.3, 0.4) is 0 Å². The summed E-state index contributed by atoms with van der Waals surface area (Å²) in [6.07, 6.45) is 2.60. The third-order valence-corrected chi connectivity index (χ3v) is 4.46. The van der Waals surface area contributed by atoms with Gasteiger partial charge in [-0.05, 0) is 67.4 Å². The highest BCUT2D eigenvalue weighted by molar-refractivity contribution is 6.05. The van der Waals surface area contributed by atoms with Gasteiger partial charge >= 0.3 is 0 Å². The van der Waals surface area contributed by atoms with E-state index in [0.29, 0.717) is 35.0 Å². The van der Waals surface area contributed by atoms with Crippen molar-refractivity contribution < 1.29 is 13.9 Å². The first-order chi connectivity index (χ1) is 14.1. The van der Waals surface area contributed by atoms with Crippen LogP contribution in [0.25, 0.3) is 22.7 Å². The Labute approximate surface area is 168 Å². The fraction of sp³-hybridized carbons (Fsp3) is 0.174. The molecular formula is C23H21N3O3. The fourth-order valence-electron chi connectivity index (χ4n) is 2.97. The van der Waals surface area contributed by atoms with Gasteiger partial charge in [0.25, 0.3) is 5.91 Å². The summed E-state index contributed by atoms with van der Waals surface area (Å²) in [6, 6.07) is 16.5. The normalized spacial score (nSPS) is 10.8. The third kappa shape index (κ3) is 4.11. The smallest absolute Gasteiger partial charge is 0.255 e. The highest BCUT2D eigenvalue weighted by atomic mass is 16.5. The monoisotopic (exact) mass is 387 g/mol. The third-order valence-electron chi connectivity index (χ3n) is 4.46. The number of carbonyl (C=O) groups excluding carboxylic acids is 1. The Morgan fingerprint density at radius 1 is 1.14 bits per heavy atom. The van der Waals surface area contributed by atoms with Gasteiger partial charge in [-0.2, -0.15) is 4.98 Å². The predicted molar refractivity (Wildman–Crippen MR) is 112 cm³/mol. The molecule has 0 spiro atoms. The van der Waals surface area contributed by atoms with Gasteiger partial charge in [0.15, 0.2) is 11.2 Å². The molecule has 1 N–H and O–H groups in total. The van der Waals surface area contributed by atoms with Crippen molar-refractivity contribution >= 4 is 22.8 Å². The largest absolute Gasteiger partial charge is 0.494 e. The minimum atomic E-state index is -0.186. The van der Waals surface area contributed by atoms with Gasteiger partial charge < -0.3 is 14.5 Å². The van der Waals surface area contributed by atoms with Crippen LogP contribution >= 0.6 is 0 Å². The van der Waals surface area contributed by atoms with Crippen LogP contribution in [0.2, 0.25) is 0 Å². The molecular weight excluding hydrogens is 366 g/mol. The van der Waals surface area contributed by atoms with Crippen molar-refractivity contribution in [1.82, 2.24) is 9.97 Å². The zero-order chi connectivity index (χ0) is 20.2. The molecule has 0 radical (unpaired) electrons. The quantitative estimate of drug-likeness (QED) is 0.490. The second kappa shape index (κ2) is 8.14.